The minimum Gasteiger partial charge on any atom is -1.00 e. The average molecular weight is 1770 g/mol. The monoisotopic (exact) mass is 1770 g/mol. The van der Waals surface area contributed by atoms with E-state index in [0.717, 1.165) is 189 Å². The standard InChI is InChI=1S/C28H28N4O2.C28H26N4O.C27H23FN4O.C26H26N4O.ClH/c1-17-23-12-11-22-24(19-8-5-4-6-9-19)30-27(20-10-7-13-32(16-20)18(2)33)31-26(22)28(23,3)14-21(15-29)25(17)34;1-16-5-7-19(8-6-16)24-22-9-10-23-18(3)25(33)21(15-29)14-28(23,4)26(22)32-27(31-24)20-11-12-30-17(2)13-20;1-15-12-17(10-11-30-15)26-31-23(19-6-4-5-7-22(19)28)20-8-9-21-16(2)24(33)18(14-29)13-27(21,3)25(20)32-26;1-16-21-11-10-20-22(17-7-4-3-5-8-17)29-25(18-9-6-12-28-15-18)30-24(20)26(21,2)13-19(14-27)23(16)31;/h4-6,8-10,14,17,23H,7,11-13,16H2,1-3H3;5-8,11-14,18,23H,9-10H2,1-4H3;4-7,10-13,16,21H,8-9H2,1-3H3;3-5,7-9,13,16,21,28H,6,10-12,15H2,1-2H3;1H/p-1/t17-,23-,28-;18-,23-,28-;16-,21-,27-;16-,21-,26-;/m1111./s1. The Balaban J connectivity index is 0.000000128. The first-order valence-corrected chi connectivity index (χ1v) is 45.5. The normalized spacial score (nSPS) is 25.1. The molecule has 12 atom stereocenters. The summed E-state index contributed by atoms with van der Waals surface area (Å²) in [6, 6.07) is 51.6. The SMILES string of the molecule is CC(=O)N1CCC=C(c2nc(-c3ccccc3)c3c(n2)[C@]2(C)C=C(C#N)C(=O)[C@H](C)[C@H]2CC3)C1.C[C@H]1C(=O)C(C#N)=C[C@@]2(C)c3nc(C4=CCCNC4)nc(-c4ccccc4)c3CC[C@H]12.Cc1cc(-c2nc(-c3ccccc3F)c3c(n2)[C@]2(C)C=C(C#N)C(=O)[C@H](C)[C@H]2CC3)ccn1.Cc1ccc(-c2nc(-c3ccnc(C)c3)nc3c2CC[C@@H]2[C@@H](C)C(=O)C(C#N)=C[C@@]32C)cc1.[Cl-]. The highest BCUT2D eigenvalue weighted by Crippen LogP contribution is 2.56. The molecule has 4 aromatic carbocycles. The van der Waals surface area contributed by atoms with Crippen molar-refractivity contribution in [2.45, 2.75) is 169 Å². The topological polar surface area (TPSA) is 325 Å². The fourth-order valence-corrected chi connectivity index (χ4v) is 22.5. The van der Waals surface area contributed by atoms with Gasteiger partial charge in [0, 0.05) is 162 Å². The van der Waals surface area contributed by atoms with E-state index in [9.17, 15) is 49.4 Å². The molecule has 0 radical (unpaired) electrons. The minimum atomic E-state index is -0.633. The van der Waals surface area contributed by atoms with E-state index in [0.29, 0.717) is 48.2 Å². The second-order valence-electron chi connectivity index (χ2n) is 37.5. The third-order valence-corrected chi connectivity index (χ3v) is 29.4. The predicted molar refractivity (Wildman–Crippen MR) is 499 cm³/mol. The first-order valence-electron chi connectivity index (χ1n) is 45.5. The number of benzene rings is 4. The van der Waals surface area contributed by atoms with Crippen LogP contribution in [0.25, 0.3) is 79.0 Å². The number of nitriles is 4. The van der Waals surface area contributed by atoms with Gasteiger partial charge in [-0.05, 0) is 152 Å². The van der Waals surface area contributed by atoms with E-state index in [1.165, 1.54) is 11.6 Å². The molecule has 664 valence electrons. The van der Waals surface area contributed by atoms with Crippen LogP contribution in [0.4, 0.5) is 4.39 Å². The molecule has 10 aliphatic rings. The number of ketones is 4. The third-order valence-electron chi connectivity index (χ3n) is 29.4. The van der Waals surface area contributed by atoms with Gasteiger partial charge in [0.15, 0.2) is 46.4 Å². The Morgan fingerprint density at radius 3 is 1.15 bits per heavy atom. The van der Waals surface area contributed by atoms with Gasteiger partial charge in [0.25, 0.3) is 0 Å². The highest BCUT2D eigenvalue weighted by Gasteiger charge is 2.55. The van der Waals surface area contributed by atoms with E-state index in [2.05, 4.69) is 128 Å². The molecule has 132 heavy (non-hydrogen) atoms. The van der Waals surface area contributed by atoms with Crippen LogP contribution in [0, 0.1) is 119 Å². The molecule has 1 amide bonds. The Labute approximate surface area is 776 Å². The number of rotatable bonds is 8. The van der Waals surface area contributed by atoms with E-state index >= 15 is 0 Å². The first-order chi connectivity index (χ1) is 63.0. The summed E-state index contributed by atoms with van der Waals surface area (Å²) in [6.45, 7) is 26.6. The summed E-state index contributed by atoms with van der Waals surface area (Å²) in [5.74, 6) is 1.31. The number of carbonyl (C=O) groups excluding carboxylic acids is 5. The second kappa shape index (κ2) is 36.9. The van der Waals surface area contributed by atoms with Gasteiger partial charge in [0.05, 0.1) is 67.8 Å². The summed E-state index contributed by atoms with van der Waals surface area (Å²) in [6.07, 6.45) is 23.3. The molecule has 6 aromatic heterocycles. The molecule has 8 aliphatic carbocycles. The zero-order valence-corrected chi connectivity index (χ0v) is 77.1. The molecule has 23 heteroatoms. The van der Waals surface area contributed by atoms with Crippen LogP contribution in [0.2, 0.25) is 0 Å². The molecule has 10 aromatic rings. The molecule has 0 bridgehead atoms. The van der Waals surface area contributed by atoms with Crippen LogP contribution in [-0.2, 0) is 71.3 Å². The number of carbonyl (C=O) groups is 5. The van der Waals surface area contributed by atoms with Gasteiger partial charge < -0.3 is 22.6 Å². The Bertz CT molecular complexity index is 6790. The van der Waals surface area contributed by atoms with Crippen LogP contribution >= 0.6 is 0 Å². The van der Waals surface area contributed by atoms with E-state index < -0.39 is 21.7 Å². The zero-order chi connectivity index (χ0) is 92.3. The second-order valence-corrected chi connectivity index (χ2v) is 37.5. The maximum atomic E-state index is 14.9. The van der Waals surface area contributed by atoms with Gasteiger partial charge in [0.1, 0.15) is 30.1 Å². The lowest BCUT2D eigenvalue weighted by molar-refractivity contribution is -0.128. The lowest BCUT2D eigenvalue weighted by Crippen LogP contribution is -3.00. The maximum absolute atomic E-state index is 14.9. The van der Waals surface area contributed by atoms with Crippen molar-refractivity contribution in [3.8, 4) is 92.1 Å². The molecule has 21 nitrogen and oxygen atoms in total. The maximum Gasteiger partial charge on any atom is 0.219 e. The fourth-order valence-electron chi connectivity index (χ4n) is 22.5. The van der Waals surface area contributed by atoms with Gasteiger partial charge in [-0.25, -0.2) is 44.3 Å². The van der Waals surface area contributed by atoms with Crippen molar-refractivity contribution in [1.82, 2.24) is 60.1 Å². The summed E-state index contributed by atoms with van der Waals surface area (Å²) in [4.78, 5) is 114. The van der Waals surface area contributed by atoms with E-state index in [1.54, 1.807) is 43.6 Å². The molecule has 0 unspecified atom stereocenters. The number of hydrogen-bond donors (Lipinski definition) is 1. The van der Waals surface area contributed by atoms with Crippen molar-refractivity contribution < 1.29 is 40.8 Å². The number of hydrogen-bond acceptors (Lipinski definition) is 20. The number of fused-ring (bicyclic) bond motifs is 12. The summed E-state index contributed by atoms with van der Waals surface area (Å²) < 4.78 is 14.9. The van der Waals surface area contributed by atoms with E-state index in [4.69, 9.17) is 39.9 Å². The van der Waals surface area contributed by atoms with Gasteiger partial charge in [-0.3, -0.25) is 33.9 Å². The number of nitrogens with one attached hydrogen (secondary N) is 1. The number of nitrogens with zero attached hydrogens (tertiary/aromatic N) is 15. The highest BCUT2D eigenvalue weighted by atomic mass is 35.5. The number of pyridine rings is 2. The van der Waals surface area contributed by atoms with E-state index in [-0.39, 0.29) is 117 Å². The number of halogens is 2. The Morgan fingerprint density at radius 1 is 0.432 bits per heavy atom. The van der Waals surface area contributed by atoms with Crippen molar-refractivity contribution in [2.24, 2.45) is 47.3 Å². The predicted octanol–water partition coefficient (Wildman–Crippen LogP) is 15.7. The molecular formula is C109H103ClFN16O5-. The summed E-state index contributed by atoms with van der Waals surface area (Å²) >= 11 is 0. The van der Waals surface area contributed by atoms with Gasteiger partial charge in [-0.1, -0.05) is 194 Å². The number of allylic oxidation sites excluding steroid dienone is 8. The number of aromatic nitrogens is 10. The van der Waals surface area contributed by atoms with Crippen molar-refractivity contribution in [3.05, 3.63) is 284 Å². The Morgan fingerprint density at radius 2 is 0.780 bits per heavy atom. The molecule has 20 rings (SSSR count). The lowest BCUT2D eigenvalue weighted by Gasteiger charge is -2.45. The van der Waals surface area contributed by atoms with Gasteiger partial charge >= 0.3 is 0 Å². The molecule has 0 saturated carbocycles. The van der Waals surface area contributed by atoms with E-state index in [1.807, 2.05) is 132 Å². The lowest BCUT2D eigenvalue weighted by atomic mass is 9.57. The molecule has 0 spiro atoms. The number of aryl methyl sites for hydroxylation is 3. The van der Waals surface area contributed by atoms with Crippen molar-refractivity contribution in [2.75, 3.05) is 26.2 Å². The van der Waals surface area contributed by atoms with Crippen LogP contribution in [-0.4, -0.2) is 110 Å². The van der Waals surface area contributed by atoms with Crippen LogP contribution in [0.5, 0.6) is 0 Å². The zero-order valence-electron chi connectivity index (χ0n) is 76.3. The first kappa shape index (κ1) is 91.5. The van der Waals surface area contributed by atoms with Crippen LogP contribution < -0.4 is 17.7 Å². The summed E-state index contributed by atoms with van der Waals surface area (Å²) in [5, 5.41) is 42.0. The number of amides is 1. The van der Waals surface area contributed by atoms with Crippen LogP contribution in [0.1, 0.15) is 174 Å². The smallest absolute Gasteiger partial charge is 0.219 e. The molecule has 0 fully saturated rings. The number of Topliss-reactive ketones (excluding diaryl/α,β-unsaturated/α-hetero) is 4. The highest BCUT2D eigenvalue weighted by molar-refractivity contribution is 6.04. The largest absolute Gasteiger partial charge is 1.00 e. The van der Waals surface area contributed by atoms with Gasteiger partial charge in [-0.15, -0.1) is 0 Å². The van der Waals surface area contributed by atoms with Crippen LogP contribution in [0.15, 0.2) is 205 Å². The molecule has 1 N–H and O–H groups in total. The quantitative estimate of drug-likeness (QED) is 0.148. The molecular weight excluding hydrogens is 1670 g/mol. The van der Waals surface area contributed by atoms with Crippen LogP contribution in [0.3, 0.4) is 0 Å². The van der Waals surface area contributed by atoms with Crippen molar-refractivity contribution >= 4 is 40.2 Å². The fraction of sp³-hybridized carbons (Fsp3) is 0.349. The molecule has 2 aliphatic heterocycles. The summed E-state index contributed by atoms with van der Waals surface area (Å²) in [5.41, 5.74) is 20.2. The average Bonchev–Trinajstić information content (AvgIpc) is 0.736. The van der Waals surface area contributed by atoms with Crippen molar-refractivity contribution in [3.63, 3.8) is 0 Å². The molecule has 8 heterocycles. The third kappa shape index (κ3) is 16.6. The Hall–Kier alpha value is -13.8. The van der Waals surface area contributed by atoms with Crippen molar-refractivity contribution in [1.29, 1.82) is 21.0 Å². The minimum absolute atomic E-state index is 0. The Kier molecular flexibility index (Phi) is 25.6. The van der Waals surface area contributed by atoms with Gasteiger partial charge in [0.2, 0.25) is 5.91 Å². The van der Waals surface area contributed by atoms with Gasteiger partial charge in [-0.2, -0.15) is 21.0 Å². The summed E-state index contributed by atoms with van der Waals surface area (Å²) in [7, 11) is 0. The molecule has 0 saturated heterocycles.